The first-order chi connectivity index (χ1) is 11.5. The number of anilines is 1. The van der Waals surface area contributed by atoms with Crippen LogP contribution in [0.5, 0.6) is 5.88 Å². The van der Waals surface area contributed by atoms with E-state index in [9.17, 15) is 14.0 Å². The molecule has 2 heterocycles. The number of halogens is 1. The summed E-state index contributed by atoms with van der Waals surface area (Å²) in [4.78, 5) is 27.1. The van der Waals surface area contributed by atoms with Gasteiger partial charge in [-0.15, -0.1) is 0 Å². The van der Waals surface area contributed by atoms with E-state index in [2.05, 4.69) is 4.98 Å². The molecule has 3 rings (SSSR count). The van der Waals surface area contributed by atoms with Crippen molar-refractivity contribution in [2.75, 3.05) is 12.3 Å². The Morgan fingerprint density at radius 2 is 2.08 bits per heavy atom. The summed E-state index contributed by atoms with van der Waals surface area (Å²) in [6, 6.07) is 8.51. The molecule has 7 nitrogen and oxygen atoms in total. The van der Waals surface area contributed by atoms with E-state index in [1.807, 2.05) is 0 Å². The number of ether oxygens (including phenoxy) is 1. The van der Waals surface area contributed by atoms with Gasteiger partial charge < -0.3 is 15.6 Å². The molecule has 0 amide bonds. The molecule has 0 aliphatic rings. The number of nitrogens with two attached hydrogens (primary N) is 1. The minimum atomic E-state index is -1.13. The Bertz CT molecular complexity index is 1000. The van der Waals surface area contributed by atoms with Crippen LogP contribution >= 0.6 is 0 Å². The molecule has 3 N–H and O–H groups in total. The first-order valence-corrected chi connectivity index (χ1v) is 6.88. The van der Waals surface area contributed by atoms with Gasteiger partial charge in [0.1, 0.15) is 5.82 Å². The molecule has 0 fully saturated rings. The molecular weight excluding hydrogens is 317 g/mol. The zero-order valence-corrected chi connectivity index (χ0v) is 12.3. The van der Waals surface area contributed by atoms with E-state index < -0.39 is 24.0 Å². The molecule has 2 aromatic heterocycles. The molecule has 3 aromatic rings. The Balaban J connectivity index is 2.05. The molecule has 0 atom stereocenters. The number of carbonyl (C=O) groups is 1. The zero-order chi connectivity index (χ0) is 17.3. The van der Waals surface area contributed by atoms with Gasteiger partial charge in [0.25, 0.3) is 5.56 Å². The maximum atomic E-state index is 13.6. The summed E-state index contributed by atoms with van der Waals surface area (Å²) in [7, 11) is 0. The van der Waals surface area contributed by atoms with Gasteiger partial charge in [-0.3, -0.25) is 9.36 Å². The minimum absolute atomic E-state index is 0.00511. The Labute approximate surface area is 134 Å². The highest BCUT2D eigenvalue weighted by molar-refractivity contribution is 5.78. The minimum Gasteiger partial charge on any atom is -0.479 e. The number of hydrogen-bond donors (Lipinski definition) is 2. The summed E-state index contributed by atoms with van der Waals surface area (Å²) in [5.74, 6) is -1.65. The number of fused-ring (bicyclic) bond motifs is 1. The smallest absolute Gasteiger partial charge is 0.341 e. The molecule has 8 heteroatoms. The number of carboxylic acids is 1. The molecule has 0 aliphatic carbocycles. The van der Waals surface area contributed by atoms with Gasteiger partial charge in [-0.05, 0) is 24.3 Å². The van der Waals surface area contributed by atoms with Gasteiger partial charge in [0, 0.05) is 18.3 Å². The van der Waals surface area contributed by atoms with Crippen molar-refractivity contribution >= 4 is 22.6 Å². The van der Waals surface area contributed by atoms with Gasteiger partial charge >= 0.3 is 5.97 Å². The molecule has 122 valence electrons. The third kappa shape index (κ3) is 2.89. The lowest BCUT2D eigenvalue weighted by Gasteiger charge is -2.09. The van der Waals surface area contributed by atoms with Crippen molar-refractivity contribution in [2.24, 2.45) is 0 Å². The van der Waals surface area contributed by atoms with Gasteiger partial charge in [0.05, 0.1) is 22.3 Å². The predicted molar refractivity (Wildman–Crippen MR) is 84.8 cm³/mol. The van der Waals surface area contributed by atoms with Crippen molar-refractivity contribution in [1.82, 2.24) is 9.55 Å². The van der Waals surface area contributed by atoms with Crippen LogP contribution in [0.15, 0.2) is 47.4 Å². The van der Waals surface area contributed by atoms with Gasteiger partial charge in [0.2, 0.25) is 5.88 Å². The number of rotatable bonds is 4. The molecule has 24 heavy (non-hydrogen) atoms. The normalized spacial score (nSPS) is 10.7. The van der Waals surface area contributed by atoms with Crippen molar-refractivity contribution in [1.29, 1.82) is 0 Å². The fraction of sp³-hybridized carbons (Fsp3) is 0.0625. The molecule has 0 aliphatic heterocycles. The van der Waals surface area contributed by atoms with Gasteiger partial charge in [-0.25, -0.2) is 14.2 Å². The summed E-state index contributed by atoms with van der Waals surface area (Å²) < 4.78 is 19.8. The largest absolute Gasteiger partial charge is 0.479 e. The average molecular weight is 329 g/mol. The highest BCUT2D eigenvalue weighted by Crippen LogP contribution is 2.17. The standard InChI is InChI=1S/C16H12FN3O4/c17-11-7-9(1-3-12(11)18)20-6-5-13-10(16(20)23)2-4-14(19-13)24-8-15(21)22/h1-7H,8,18H2,(H,21,22). The number of aliphatic carboxylic acids is 1. The number of hydrogen-bond acceptors (Lipinski definition) is 5. The SMILES string of the molecule is Nc1ccc(-n2ccc3nc(OCC(=O)O)ccc3c2=O)cc1F. The summed E-state index contributed by atoms with van der Waals surface area (Å²) in [5, 5.41) is 8.88. The number of nitrogens with zero attached hydrogens (tertiary/aromatic N) is 2. The lowest BCUT2D eigenvalue weighted by atomic mass is 10.2. The molecule has 0 spiro atoms. The van der Waals surface area contributed by atoms with E-state index >= 15 is 0 Å². The van der Waals surface area contributed by atoms with E-state index in [0.717, 1.165) is 0 Å². The van der Waals surface area contributed by atoms with Crippen LogP contribution in [0.3, 0.4) is 0 Å². The lowest BCUT2D eigenvalue weighted by molar-refractivity contribution is -0.139. The fourth-order valence-electron chi connectivity index (χ4n) is 2.19. The van der Waals surface area contributed by atoms with Crippen molar-refractivity contribution < 1.29 is 19.0 Å². The maximum absolute atomic E-state index is 13.6. The highest BCUT2D eigenvalue weighted by Gasteiger charge is 2.09. The number of carboxylic acid groups (broad SMARTS) is 1. The predicted octanol–water partition coefficient (Wildman–Crippen LogP) is 1.57. The first kappa shape index (κ1) is 15.5. The van der Waals surface area contributed by atoms with Crippen molar-refractivity contribution in [3.8, 4) is 11.6 Å². The second kappa shape index (κ2) is 5.99. The van der Waals surface area contributed by atoms with E-state index in [1.165, 1.54) is 41.1 Å². The van der Waals surface area contributed by atoms with Crippen LogP contribution in [-0.2, 0) is 4.79 Å². The third-order valence-corrected chi connectivity index (χ3v) is 3.34. The number of aromatic nitrogens is 2. The van der Waals surface area contributed by atoms with Crippen LogP contribution < -0.4 is 16.0 Å². The van der Waals surface area contributed by atoms with Gasteiger partial charge in [-0.2, -0.15) is 0 Å². The van der Waals surface area contributed by atoms with Crippen LogP contribution in [0.1, 0.15) is 0 Å². The Morgan fingerprint density at radius 1 is 1.29 bits per heavy atom. The quantitative estimate of drug-likeness (QED) is 0.704. The van der Waals surface area contributed by atoms with Crippen molar-refractivity contribution in [2.45, 2.75) is 0 Å². The first-order valence-electron chi connectivity index (χ1n) is 6.88. The maximum Gasteiger partial charge on any atom is 0.341 e. The third-order valence-electron chi connectivity index (χ3n) is 3.34. The summed E-state index contributed by atoms with van der Waals surface area (Å²) >= 11 is 0. The summed E-state index contributed by atoms with van der Waals surface area (Å²) in [5.41, 5.74) is 5.71. The number of pyridine rings is 2. The van der Waals surface area contributed by atoms with Crippen LogP contribution in [0.25, 0.3) is 16.6 Å². The summed E-state index contributed by atoms with van der Waals surface area (Å²) in [6.07, 6.45) is 1.45. The molecule has 0 radical (unpaired) electrons. The fourth-order valence-corrected chi connectivity index (χ4v) is 2.19. The lowest BCUT2D eigenvalue weighted by Crippen LogP contribution is -2.18. The number of benzene rings is 1. The molecule has 0 unspecified atom stereocenters. The second-order valence-electron chi connectivity index (χ2n) is 4.96. The monoisotopic (exact) mass is 329 g/mol. The van der Waals surface area contributed by atoms with Gasteiger partial charge in [0.15, 0.2) is 6.61 Å². The highest BCUT2D eigenvalue weighted by atomic mass is 19.1. The topological polar surface area (TPSA) is 107 Å². The van der Waals surface area contributed by atoms with E-state index in [1.54, 1.807) is 6.07 Å². The Morgan fingerprint density at radius 3 is 2.79 bits per heavy atom. The second-order valence-corrected chi connectivity index (χ2v) is 4.96. The van der Waals surface area contributed by atoms with E-state index in [-0.39, 0.29) is 17.0 Å². The molecule has 0 bridgehead atoms. The van der Waals surface area contributed by atoms with Crippen LogP contribution in [0, 0.1) is 5.82 Å². The average Bonchev–Trinajstić information content (AvgIpc) is 2.56. The van der Waals surface area contributed by atoms with E-state index in [4.69, 9.17) is 15.6 Å². The molecule has 0 saturated carbocycles. The molecule has 1 aromatic carbocycles. The van der Waals surface area contributed by atoms with Crippen LogP contribution in [0.4, 0.5) is 10.1 Å². The van der Waals surface area contributed by atoms with Crippen LogP contribution in [-0.4, -0.2) is 27.2 Å². The van der Waals surface area contributed by atoms with Crippen molar-refractivity contribution in [3.05, 3.63) is 58.8 Å². The van der Waals surface area contributed by atoms with Crippen LogP contribution in [0.2, 0.25) is 0 Å². The van der Waals surface area contributed by atoms with E-state index in [0.29, 0.717) is 11.2 Å². The zero-order valence-electron chi connectivity index (χ0n) is 12.3. The summed E-state index contributed by atoms with van der Waals surface area (Å²) in [6.45, 7) is -0.527. The molecular formula is C16H12FN3O4. The Hall–Kier alpha value is -3.42. The molecule has 0 saturated heterocycles. The van der Waals surface area contributed by atoms with Crippen molar-refractivity contribution in [3.63, 3.8) is 0 Å². The Kier molecular flexibility index (Phi) is 3.87. The number of nitrogen functional groups attached to an aromatic ring is 1. The van der Waals surface area contributed by atoms with Gasteiger partial charge in [-0.1, -0.05) is 0 Å².